The number of thioether (sulfide) groups is 1. The summed E-state index contributed by atoms with van der Waals surface area (Å²) in [4.78, 5) is 55.3. The summed E-state index contributed by atoms with van der Waals surface area (Å²) < 4.78 is 9.91. The van der Waals surface area contributed by atoms with Gasteiger partial charge in [0.15, 0.2) is 0 Å². The molecule has 2 atom stereocenters. The van der Waals surface area contributed by atoms with E-state index in [0.29, 0.717) is 28.6 Å². The van der Waals surface area contributed by atoms with E-state index in [2.05, 4.69) is 25.9 Å². The SMILES string of the molecule is CCOC(=O)CC[C@H](NC(=O)c1ccc(NCC2CSc3nc(N)[nH]c(=O)c3N2)cc1)C(=O)OCC. The van der Waals surface area contributed by atoms with Crippen LogP contribution in [0.25, 0.3) is 0 Å². The van der Waals surface area contributed by atoms with Crippen molar-refractivity contribution >= 4 is 46.9 Å². The number of aromatic nitrogens is 2. The molecule has 0 fully saturated rings. The van der Waals surface area contributed by atoms with E-state index in [1.807, 2.05) is 0 Å². The van der Waals surface area contributed by atoms with Crippen LogP contribution in [0.3, 0.4) is 0 Å². The zero-order valence-corrected chi connectivity index (χ0v) is 20.9. The number of ether oxygens (including phenoxy) is 2. The van der Waals surface area contributed by atoms with Crippen molar-refractivity contribution < 1.29 is 23.9 Å². The Hall–Kier alpha value is -3.74. The number of nitrogens with one attached hydrogen (secondary N) is 4. The van der Waals surface area contributed by atoms with Crippen molar-refractivity contribution in [2.24, 2.45) is 0 Å². The molecule has 2 aromatic rings. The summed E-state index contributed by atoms with van der Waals surface area (Å²) in [6.07, 6.45) is 0.0528. The fourth-order valence-corrected chi connectivity index (χ4v) is 4.46. The van der Waals surface area contributed by atoms with E-state index in [0.717, 1.165) is 5.69 Å². The Morgan fingerprint density at radius 1 is 1.19 bits per heavy atom. The van der Waals surface area contributed by atoms with Crippen molar-refractivity contribution in [3.63, 3.8) is 0 Å². The second kappa shape index (κ2) is 12.8. The second-order valence-corrected chi connectivity index (χ2v) is 8.87. The maximum absolute atomic E-state index is 12.7. The zero-order chi connectivity index (χ0) is 26.1. The number of aromatic amines is 1. The first-order valence-corrected chi connectivity index (χ1v) is 12.5. The number of amides is 1. The number of fused-ring (bicyclic) bond motifs is 1. The highest BCUT2D eigenvalue weighted by Crippen LogP contribution is 2.28. The third-order valence-electron chi connectivity index (χ3n) is 5.19. The summed E-state index contributed by atoms with van der Waals surface area (Å²) >= 11 is 1.45. The minimum atomic E-state index is -0.967. The summed E-state index contributed by atoms with van der Waals surface area (Å²) in [5, 5.41) is 9.66. The molecule has 1 aliphatic heterocycles. The summed E-state index contributed by atoms with van der Waals surface area (Å²) in [6, 6.07) is 5.74. The number of nitrogen functional groups attached to an aromatic ring is 1. The van der Waals surface area contributed by atoms with Gasteiger partial charge in [-0.15, -0.1) is 11.8 Å². The topological polar surface area (TPSA) is 178 Å². The predicted octanol–water partition coefficient (Wildman–Crippen LogP) is 1.36. The van der Waals surface area contributed by atoms with Crippen LogP contribution in [-0.4, -0.2) is 65.4 Å². The van der Waals surface area contributed by atoms with E-state index in [4.69, 9.17) is 15.2 Å². The number of benzene rings is 1. The van der Waals surface area contributed by atoms with Crippen LogP contribution in [0.1, 0.15) is 37.0 Å². The molecule has 1 aliphatic rings. The van der Waals surface area contributed by atoms with Gasteiger partial charge in [0, 0.05) is 30.0 Å². The molecular formula is C23H30N6O6S. The molecule has 13 heteroatoms. The quantitative estimate of drug-likeness (QED) is 0.214. The Morgan fingerprint density at radius 2 is 1.92 bits per heavy atom. The normalized spacial score (nSPS) is 15.1. The van der Waals surface area contributed by atoms with Gasteiger partial charge in [0.05, 0.1) is 19.3 Å². The van der Waals surface area contributed by atoms with Crippen LogP contribution in [-0.2, 0) is 19.1 Å². The first kappa shape index (κ1) is 26.9. The Morgan fingerprint density at radius 3 is 2.61 bits per heavy atom. The maximum atomic E-state index is 12.7. The van der Waals surface area contributed by atoms with Crippen LogP contribution in [0, 0.1) is 0 Å². The molecule has 0 saturated heterocycles. The van der Waals surface area contributed by atoms with Gasteiger partial charge in [-0.2, -0.15) is 0 Å². The number of H-pyrrole nitrogens is 1. The van der Waals surface area contributed by atoms with Crippen molar-refractivity contribution in [3.8, 4) is 0 Å². The molecule has 0 aliphatic carbocycles. The fraction of sp³-hybridized carbons (Fsp3) is 0.435. The number of anilines is 3. The smallest absolute Gasteiger partial charge is 0.328 e. The lowest BCUT2D eigenvalue weighted by molar-refractivity contribution is -0.146. The molecule has 1 amide bonds. The van der Waals surface area contributed by atoms with E-state index in [9.17, 15) is 19.2 Å². The maximum Gasteiger partial charge on any atom is 0.328 e. The number of hydrogen-bond acceptors (Lipinski definition) is 11. The van der Waals surface area contributed by atoms with E-state index in [1.165, 1.54) is 11.8 Å². The first-order valence-electron chi connectivity index (χ1n) is 11.6. The molecule has 0 spiro atoms. The Kier molecular flexibility index (Phi) is 9.56. The number of carbonyl (C=O) groups excluding carboxylic acids is 3. The van der Waals surface area contributed by atoms with E-state index in [1.54, 1.807) is 38.1 Å². The molecule has 6 N–H and O–H groups in total. The van der Waals surface area contributed by atoms with Crippen molar-refractivity contribution in [1.82, 2.24) is 15.3 Å². The third-order valence-corrected chi connectivity index (χ3v) is 6.33. The van der Waals surface area contributed by atoms with Crippen molar-refractivity contribution in [1.29, 1.82) is 0 Å². The second-order valence-electron chi connectivity index (χ2n) is 7.86. The summed E-state index contributed by atoms with van der Waals surface area (Å²) in [7, 11) is 0. The standard InChI is InChI=1S/C23H30N6O6S/c1-3-34-17(30)10-9-16(22(33)35-4-2)27-19(31)13-5-7-14(8-6-13)25-11-15-12-36-21-18(26-15)20(32)28-23(24)29-21/h5-8,15-16,25-26H,3-4,9-12H2,1-2H3,(H,27,31)(H3,24,28,29,32)/t15?,16-/m0/s1. The molecule has 0 radical (unpaired) electrons. The van der Waals surface area contributed by atoms with Crippen LogP contribution in [0.15, 0.2) is 34.1 Å². The molecule has 1 aromatic carbocycles. The first-order chi connectivity index (χ1) is 17.3. The van der Waals surface area contributed by atoms with Gasteiger partial charge < -0.3 is 31.2 Å². The molecule has 1 aromatic heterocycles. The van der Waals surface area contributed by atoms with Gasteiger partial charge in [-0.05, 0) is 44.5 Å². The van der Waals surface area contributed by atoms with Gasteiger partial charge in [0.1, 0.15) is 16.8 Å². The molecule has 12 nitrogen and oxygen atoms in total. The Bertz CT molecular complexity index is 1140. The lowest BCUT2D eigenvalue weighted by Crippen LogP contribution is -2.42. The minimum absolute atomic E-state index is 0.0201. The number of esters is 2. The Labute approximate surface area is 212 Å². The highest BCUT2D eigenvalue weighted by atomic mass is 32.2. The van der Waals surface area contributed by atoms with Gasteiger partial charge in [-0.3, -0.25) is 19.4 Å². The summed E-state index contributed by atoms with van der Waals surface area (Å²) in [5.41, 5.74) is 6.80. The molecule has 1 unspecified atom stereocenters. The predicted molar refractivity (Wildman–Crippen MR) is 136 cm³/mol. The van der Waals surface area contributed by atoms with Crippen molar-refractivity contribution in [2.75, 3.05) is 41.9 Å². The monoisotopic (exact) mass is 518 g/mol. The average Bonchev–Trinajstić information content (AvgIpc) is 2.85. The molecule has 2 heterocycles. The van der Waals surface area contributed by atoms with Crippen LogP contribution >= 0.6 is 11.8 Å². The van der Waals surface area contributed by atoms with Crippen LogP contribution in [0.4, 0.5) is 17.3 Å². The minimum Gasteiger partial charge on any atom is -0.466 e. The largest absolute Gasteiger partial charge is 0.466 e. The zero-order valence-electron chi connectivity index (χ0n) is 20.1. The molecule has 0 bridgehead atoms. The van der Waals surface area contributed by atoms with Gasteiger partial charge >= 0.3 is 11.9 Å². The number of rotatable bonds is 11. The molecule has 194 valence electrons. The lowest BCUT2D eigenvalue weighted by Gasteiger charge is -2.25. The van der Waals surface area contributed by atoms with Gasteiger partial charge in [-0.1, -0.05) is 0 Å². The van der Waals surface area contributed by atoms with Crippen molar-refractivity contribution in [3.05, 3.63) is 40.2 Å². The number of nitrogens with zero attached hydrogens (tertiary/aromatic N) is 1. The molecule has 0 saturated carbocycles. The molecular weight excluding hydrogens is 488 g/mol. The van der Waals surface area contributed by atoms with E-state index < -0.39 is 23.9 Å². The van der Waals surface area contributed by atoms with Gasteiger partial charge in [0.25, 0.3) is 11.5 Å². The number of carbonyl (C=O) groups is 3. The highest BCUT2D eigenvalue weighted by molar-refractivity contribution is 7.99. The molecule has 3 rings (SSSR count). The number of hydrogen-bond donors (Lipinski definition) is 5. The third kappa shape index (κ3) is 7.38. The van der Waals surface area contributed by atoms with Crippen LogP contribution < -0.4 is 27.2 Å². The van der Waals surface area contributed by atoms with E-state index in [-0.39, 0.29) is 43.6 Å². The van der Waals surface area contributed by atoms with Crippen molar-refractivity contribution in [2.45, 2.75) is 43.8 Å². The lowest BCUT2D eigenvalue weighted by atomic mass is 10.1. The fourth-order valence-electron chi connectivity index (χ4n) is 3.45. The van der Waals surface area contributed by atoms with Crippen LogP contribution in [0.5, 0.6) is 0 Å². The Balaban J connectivity index is 1.54. The average molecular weight is 519 g/mol. The van der Waals surface area contributed by atoms with Gasteiger partial charge in [-0.25, -0.2) is 9.78 Å². The molecule has 36 heavy (non-hydrogen) atoms. The number of nitrogens with two attached hydrogens (primary N) is 1. The highest BCUT2D eigenvalue weighted by Gasteiger charge is 2.25. The van der Waals surface area contributed by atoms with Crippen LogP contribution in [0.2, 0.25) is 0 Å². The van der Waals surface area contributed by atoms with E-state index >= 15 is 0 Å². The van der Waals surface area contributed by atoms with Gasteiger partial charge in [0.2, 0.25) is 5.95 Å². The summed E-state index contributed by atoms with van der Waals surface area (Å²) in [6.45, 7) is 4.28. The summed E-state index contributed by atoms with van der Waals surface area (Å²) in [5.74, 6) is -0.740.